The van der Waals surface area contributed by atoms with Crippen LogP contribution in [0.2, 0.25) is 0 Å². The SMILES string of the molecule is CCOP(=O)(OCC)C(=NCc1ccc(OC)cc1)c1ccccc1. The van der Waals surface area contributed by atoms with Crippen LogP contribution < -0.4 is 4.74 Å². The Hall–Kier alpha value is -1.94. The van der Waals surface area contributed by atoms with E-state index in [9.17, 15) is 4.57 Å². The summed E-state index contributed by atoms with van der Waals surface area (Å²) in [4.78, 5) is 4.59. The summed E-state index contributed by atoms with van der Waals surface area (Å²) in [5.41, 5.74) is 2.07. The zero-order valence-corrected chi connectivity index (χ0v) is 15.7. The van der Waals surface area contributed by atoms with Crippen molar-refractivity contribution in [2.24, 2.45) is 4.99 Å². The zero-order valence-electron chi connectivity index (χ0n) is 14.8. The van der Waals surface area contributed by atoms with Crippen molar-refractivity contribution in [2.75, 3.05) is 20.3 Å². The molecule has 0 spiro atoms. The van der Waals surface area contributed by atoms with Crippen molar-refractivity contribution in [2.45, 2.75) is 20.4 Å². The molecule has 2 rings (SSSR count). The molecule has 0 N–H and O–H groups in total. The van der Waals surface area contributed by atoms with Crippen molar-refractivity contribution in [3.05, 3.63) is 65.7 Å². The number of methoxy groups -OCH3 is 1. The smallest absolute Gasteiger partial charge is 0.379 e. The van der Waals surface area contributed by atoms with Gasteiger partial charge in [-0.3, -0.25) is 9.56 Å². The Morgan fingerprint density at radius 1 is 0.960 bits per heavy atom. The summed E-state index contributed by atoms with van der Waals surface area (Å²) < 4.78 is 29.4. The number of hydrogen-bond acceptors (Lipinski definition) is 5. The molecule has 0 aliphatic heterocycles. The Bertz CT molecular complexity index is 719. The fraction of sp³-hybridized carbons (Fsp3) is 0.316. The lowest BCUT2D eigenvalue weighted by molar-refractivity contribution is 0.232. The van der Waals surface area contributed by atoms with Gasteiger partial charge in [0.2, 0.25) is 0 Å². The summed E-state index contributed by atoms with van der Waals surface area (Å²) in [7, 11) is -1.85. The quantitative estimate of drug-likeness (QED) is 0.470. The van der Waals surface area contributed by atoms with Crippen LogP contribution in [0.4, 0.5) is 0 Å². The summed E-state index contributed by atoms with van der Waals surface area (Å²) >= 11 is 0. The number of benzene rings is 2. The lowest BCUT2D eigenvalue weighted by atomic mass is 10.2. The number of nitrogens with zero attached hydrogens (tertiary/aromatic N) is 1. The fourth-order valence-corrected chi connectivity index (χ4v) is 4.03. The highest BCUT2D eigenvalue weighted by Gasteiger charge is 2.32. The minimum atomic E-state index is -3.48. The Morgan fingerprint density at radius 2 is 1.56 bits per heavy atom. The van der Waals surface area contributed by atoms with E-state index in [4.69, 9.17) is 13.8 Å². The second-order valence-electron chi connectivity index (χ2n) is 5.19. The van der Waals surface area contributed by atoms with E-state index < -0.39 is 7.60 Å². The van der Waals surface area contributed by atoms with Gasteiger partial charge in [0.15, 0.2) is 5.45 Å². The predicted molar refractivity (Wildman–Crippen MR) is 101 cm³/mol. The maximum absolute atomic E-state index is 13.2. The molecule has 134 valence electrons. The van der Waals surface area contributed by atoms with Crippen LogP contribution in [-0.2, 0) is 20.2 Å². The van der Waals surface area contributed by atoms with Gasteiger partial charge in [-0.15, -0.1) is 0 Å². The molecule has 0 bridgehead atoms. The second-order valence-corrected chi connectivity index (χ2v) is 7.12. The molecule has 2 aromatic carbocycles. The molecule has 5 nitrogen and oxygen atoms in total. The zero-order chi connectivity index (χ0) is 18.1. The summed E-state index contributed by atoms with van der Waals surface area (Å²) in [6, 6.07) is 17.0. The fourth-order valence-electron chi connectivity index (χ4n) is 2.32. The largest absolute Gasteiger partial charge is 0.497 e. The third kappa shape index (κ3) is 5.27. The van der Waals surface area contributed by atoms with Gasteiger partial charge in [0, 0.05) is 5.56 Å². The molecule has 0 fully saturated rings. The summed E-state index contributed by atoms with van der Waals surface area (Å²) in [5, 5.41) is 0. The highest BCUT2D eigenvalue weighted by molar-refractivity contribution is 7.73. The van der Waals surface area contributed by atoms with Gasteiger partial charge in [-0.2, -0.15) is 0 Å². The predicted octanol–water partition coefficient (Wildman–Crippen LogP) is 4.91. The molecule has 0 aromatic heterocycles. The molecule has 6 heteroatoms. The maximum atomic E-state index is 13.2. The van der Waals surface area contributed by atoms with Gasteiger partial charge < -0.3 is 13.8 Å². The van der Waals surface area contributed by atoms with Crippen LogP contribution in [-0.4, -0.2) is 25.8 Å². The Kier molecular flexibility index (Phi) is 7.38. The van der Waals surface area contributed by atoms with E-state index in [0.717, 1.165) is 16.9 Å². The van der Waals surface area contributed by atoms with Crippen molar-refractivity contribution in [3.63, 3.8) is 0 Å². The van der Waals surface area contributed by atoms with Crippen molar-refractivity contribution < 1.29 is 18.3 Å². The average molecular weight is 361 g/mol. The van der Waals surface area contributed by atoms with Crippen molar-refractivity contribution >= 4 is 13.0 Å². The van der Waals surface area contributed by atoms with E-state index >= 15 is 0 Å². The van der Waals surface area contributed by atoms with E-state index in [1.807, 2.05) is 54.6 Å². The standard InChI is InChI=1S/C19H24NO4P/c1-4-23-25(21,24-5-2)19(17-9-7-6-8-10-17)20-15-16-11-13-18(22-3)14-12-16/h6-14H,4-5,15H2,1-3H3. The minimum Gasteiger partial charge on any atom is -0.497 e. The topological polar surface area (TPSA) is 57.1 Å². The highest BCUT2D eigenvalue weighted by Crippen LogP contribution is 2.51. The summed E-state index contributed by atoms with van der Waals surface area (Å²) in [6.07, 6.45) is 0. The molecular formula is C19H24NO4P. The van der Waals surface area contributed by atoms with Crippen LogP contribution in [0.5, 0.6) is 5.75 Å². The molecule has 0 radical (unpaired) electrons. The third-order valence-electron chi connectivity index (χ3n) is 3.46. The first kappa shape index (κ1) is 19.4. The van der Waals surface area contributed by atoms with Crippen LogP contribution in [0.1, 0.15) is 25.0 Å². The molecular weight excluding hydrogens is 337 g/mol. The summed E-state index contributed by atoms with van der Waals surface area (Å²) in [5.74, 6) is 0.783. The molecule has 0 aliphatic rings. The molecule has 0 amide bonds. The molecule has 0 aliphatic carbocycles. The Labute approximate surface area is 149 Å². The maximum Gasteiger partial charge on any atom is 0.379 e. The van der Waals surface area contributed by atoms with Gasteiger partial charge >= 0.3 is 7.60 Å². The molecule has 2 aromatic rings. The van der Waals surface area contributed by atoms with Crippen molar-refractivity contribution in [1.29, 1.82) is 0 Å². The first-order valence-electron chi connectivity index (χ1n) is 8.25. The van der Waals surface area contributed by atoms with Crippen LogP contribution in [0.3, 0.4) is 0 Å². The first-order valence-corrected chi connectivity index (χ1v) is 9.79. The monoisotopic (exact) mass is 361 g/mol. The third-order valence-corrected chi connectivity index (χ3v) is 5.57. The second kappa shape index (κ2) is 9.52. The average Bonchev–Trinajstić information content (AvgIpc) is 2.63. The number of hydrogen-bond donors (Lipinski definition) is 0. The minimum absolute atomic E-state index is 0.283. The van der Waals surface area contributed by atoms with E-state index in [2.05, 4.69) is 4.99 Å². The van der Waals surface area contributed by atoms with Crippen LogP contribution in [0.15, 0.2) is 59.6 Å². The first-order chi connectivity index (χ1) is 12.1. The number of aliphatic imine (C=N–C) groups is 1. The van der Waals surface area contributed by atoms with Gasteiger partial charge in [0.25, 0.3) is 0 Å². The molecule has 0 heterocycles. The van der Waals surface area contributed by atoms with E-state index in [1.165, 1.54) is 0 Å². The lowest BCUT2D eigenvalue weighted by Crippen LogP contribution is -2.09. The molecule has 0 atom stereocenters. The van der Waals surface area contributed by atoms with Gasteiger partial charge in [-0.05, 0) is 31.5 Å². The normalized spacial score (nSPS) is 12.2. The highest BCUT2D eigenvalue weighted by atomic mass is 31.2. The van der Waals surface area contributed by atoms with Crippen LogP contribution >= 0.6 is 7.60 Å². The van der Waals surface area contributed by atoms with Gasteiger partial charge in [-0.1, -0.05) is 42.5 Å². The number of rotatable bonds is 9. The van der Waals surface area contributed by atoms with E-state index in [-0.39, 0.29) is 13.2 Å². The van der Waals surface area contributed by atoms with Gasteiger partial charge in [0.1, 0.15) is 5.75 Å². The van der Waals surface area contributed by atoms with E-state index in [0.29, 0.717) is 12.0 Å². The molecule has 25 heavy (non-hydrogen) atoms. The number of ether oxygens (including phenoxy) is 1. The van der Waals surface area contributed by atoms with Crippen LogP contribution in [0.25, 0.3) is 0 Å². The van der Waals surface area contributed by atoms with E-state index in [1.54, 1.807) is 21.0 Å². The lowest BCUT2D eigenvalue weighted by Gasteiger charge is -2.19. The van der Waals surface area contributed by atoms with Crippen molar-refractivity contribution in [3.8, 4) is 5.75 Å². The van der Waals surface area contributed by atoms with Gasteiger partial charge in [0.05, 0.1) is 26.9 Å². The molecule has 0 unspecified atom stereocenters. The Balaban J connectivity index is 2.37. The van der Waals surface area contributed by atoms with Crippen LogP contribution in [0, 0.1) is 0 Å². The van der Waals surface area contributed by atoms with Crippen molar-refractivity contribution in [1.82, 2.24) is 0 Å². The summed E-state index contributed by atoms with van der Waals surface area (Å²) in [6.45, 7) is 4.52. The van der Waals surface area contributed by atoms with Gasteiger partial charge in [-0.25, -0.2) is 0 Å². The molecule has 0 saturated carbocycles. The Morgan fingerprint density at radius 3 is 2.08 bits per heavy atom. The molecule has 0 saturated heterocycles.